The number of fused-ring (bicyclic) bond motifs is 1. The highest BCUT2D eigenvalue weighted by Gasteiger charge is 2.31. The summed E-state index contributed by atoms with van der Waals surface area (Å²) in [6, 6.07) is 7.35. The average molecular weight is 277 g/mol. The second kappa shape index (κ2) is 5.68. The number of ether oxygens (including phenoxy) is 2. The smallest absolute Gasteiger partial charge is 0.236 e. The molecule has 20 heavy (non-hydrogen) atoms. The van der Waals surface area contributed by atoms with Crippen molar-refractivity contribution in [3.63, 3.8) is 0 Å². The molecule has 0 saturated carbocycles. The summed E-state index contributed by atoms with van der Waals surface area (Å²) in [7, 11) is 0. The minimum atomic E-state index is -0.297. The number of hydrogen-bond acceptors (Lipinski definition) is 5. The monoisotopic (exact) mass is 277 g/mol. The molecule has 1 amide bonds. The highest BCUT2D eigenvalue weighted by molar-refractivity contribution is 5.80. The Morgan fingerprint density at radius 3 is 3.00 bits per heavy atom. The number of carbonyl (C=O) groups excluding carboxylic acids is 1. The Hall–Kier alpha value is -1.79. The van der Waals surface area contributed by atoms with Gasteiger partial charge in [-0.05, 0) is 12.1 Å². The maximum absolute atomic E-state index is 11.5. The molecule has 2 heterocycles. The minimum absolute atomic E-state index is 0.0788. The number of benzene rings is 1. The van der Waals surface area contributed by atoms with E-state index < -0.39 is 0 Å². The zero-order valence-corrected chi connectivity index (χ0v) is 11.2. The third-order valence-electron chi connectivity index (χ3n) is 3.69. The number of piperazine rings is 1. The summed E-state index contributed by atoms with van der Waals surface area (Å²) in [5.74, 6) is 1.24. The van der Waals surface area contributed by atoms with Gasteiger partial charge in [0.05, 0.1) is 0 Å². The molecule has 0 aliphatic carbocycles. The van der Waals surface area contributed by atoms with E-state index in [1.165, 1.54) is 0 Å². The molecule has 2 atom stereocenters. The fraction of sp³-hybridized carbons (Fsp3) is 0.500. The van der Waals surface area contributed by atoms with Crippen molar-refractivity contribution < 1.29 is 14.3 Å². The van der Waals surface area contributed by atoms with Gasteiger partial charge in [0.15, 0.2) is 11.5 Å². The third kappa shape index (κ3) is 2.71. The molecule has 6 heteroatoms. The maximum atomic E-state index is 11.5. The van der Waals surface area contributed by atoms with Gasteiger partial charge in [-0.15, -0.1) is 0 Å². The minimum Gasteiger partial charge on any atom is -0.486 e. The fourth-order valence-electron chi connectivity index (χ4n) is 2.66. The summed E-state index contributed by atoms with van der Waals surface area (Å²) in [6.07, 6.45) is -0.0788. The van der Waals surface area contributed by atoms with Gasteiger partial charge in [-0.1, -0.05) is 12.1 Å². The van der Waals surface area contributed by atoms with E-state index in [4.69, 9.17) is 15.2 Å². The summed E-state index contributed by atoms with van der Waals surface area (Å²) >= 11 is 0. The normalized spacial score (nSPS) is 26.2. The molecule has 1 aromatic rings. The highest BCUT2D eigenvalue weighted by Crippen LogP contribution is 2.31. The van der Waals surface area contributed by atoms with E-state index in [9.17, 15) is 4.79 Å². The van der Waals surface area contributed by atoms with Crippen LogP contribution in [0.1, 0.15) is 0 Å². The van der Waals surface area contributed by atoms with E-state index in [0.717, 1.165) is 24.6 Å². The quantitative estimate of drug-likeness (QED) is 0.785. The molecule has 0 radical (unpaired) electrons. The van der Waals surface area contributed by atoms with Crippen LogP contribution in [0.4, 0.5) is 0 Å². The van der Waals surface area contributed by atoms with Gasteiger partial charge in [-0.25, -0.2) is 0 Å². The van der Waals surface area contributed by atoms with Gasteiger partial charge < -0.3 is 20.5 Å². The number of nitrogens with one attached hydrogen (secondary N) is 1. The van der Waals surface area contributed by atoms with Crippen LogP contribution in [0.3, 0.4) is 0 Å². The van der Waals surface area contributed by atoms with Crippen molar-refractivity contribution in [3.05, 3.63) is 24.3 Å². The predicted octanol–water partition coefficient (Wildman–Crippen LogP) is -0.414. The van der Waals surface area contributed by atoms with E-state index in [0.29, 0.717) is 19.7 Å². The summed E-state index contributed by atoms with van der Waals surface area (Å²) < 4.78 is 11.6. The highest BCUT2D eigenvalue weighted by atomic mass is 16.6. The van der Waals surface area contributed by atoms with Crippen molar-refractivity contribution in [2.45, 2.75) is 12.1 Å². The Morgan fingerprint density at radius 1 is 1.40 bits per heavy atom. The first-order chi connectivity index (χ1) is 9.74. The van der Waals surface area contributed by atoms with Gasteiger partial charge in [0.2, 0.25) is 5.91 Å². The number of rotatable bonds is 3. The third-order valence-corrected chi connectivity index (χ3v) is 3.69. The number of amides is 1. The molecule has 1 fully saturated rings. The van der Waals surface area contributed by atoms with Crippen LogP contribution in [0.15, 0.2) is 24.3 Å². The van der Waals surface area contributed by atoms with Crippen molar-refractivity contribution in [3.8, 4) is 11.5 Å². The summed E-state index contributed by atoms with van der Waals surface area (Å²) in [6.45, 7) is 3.37. The Balaban J connectivity index is 1.65. The molecule has 0 bridgehead atoms. The van der Waals surface area contributed by atoms with Crippen LogP contribution in [-0.2, 0) is 4.79 Å². The first-order valence-electron chi connectivity index (χ1n) is 6.86. The van der Waals surface area contributed by atoms with Gasteiger partial charge in [-0.2, -0.15) is 0 Å². The first kappa shape index (κ1) is 13.2. The van der Waals surface area contributed by atoms with Crippen LogP contribution in [0.5, 0.6) is 11.5 Å². The van der Waals surface area contributed by atoms with Crippen LogP contribution in [0, 0.1) is 0 Å². The Bertz CT molecular complexity index is 494. The molecule has 2 unspecified atom stereocenters. The summed E-state index contributed by atoms with van der Waals surface area (Å²) in [5.41, 5.74) is 5.45. The molecule has 3 N–H and O–H groups in total. The summed E-state index contributed by atoms with van der Waals surface area (Å²) in [5, 5.41) is 3.18. The molecule has 2 aliphatic rings. The lowest BCUT2D eigenvalue weighted by atomic mass is 10.1. The topological polar surface area (TPSA) is 76.8 Å². The molecular weight excluding hydrogens is 258 g/mol. The number of hydrogen-bond donors (Lipinski definition) is 2. The Morgan fingerprint density at radius 2 is 2.20 bits per heavy atom. The van der Waals surface area contributed by atoms with Crippen molar-refractivity contribution >= 4 is 5.91 Å². The largest absolute Gasteiger partial charge is 0.486 e. The van der Waals surface area contributed by atoms with E-state index >= 15 is 0 Å². The molecule has 108 valence electrons. The Labute approximate surface area is 117 Å². The predicted molar refractivity (Wildman–Crippen MR) is 73.8 cm³/mol. The molecule has 0 aromatic heterocycles. The first-order valence-corrected chi connectivity index (χ1v) is 6.86. The van der Waals surface area contributed by atoms with Gasteiger partial charge in [0, 0.05) is 26.2 Å². The fourth-order valence-corrected chi connectivity index (χ4v) is 2.66. The number of carbonyl (C=O) groups is 1. The molecule has 1 saturated heterocycles. The van der Waals surface area contributed by atoms with Crippen LogP contribution in [-0.4, -0.2) is 55.7 Å². The molecule has 0 spiro atoms. The maximum Gasteiger partial charge on any atom is 0.236 e. The number of para-hydroxylation sites is 2. The van der Waals surface area contributed by atoms with Crippen molar-refractivity contribution in [2.75, 3.05) is 32.8 Å². The molecule has 2 aliphatic heterocycles. The van der Waals surface area contributed by atoms with Gasteiger partial charge in [0.25, 0.3) is 0 Å². The van der Waals surface area contributed by atoms with Crippen LogP contribution in [0.2, 0.25) is 0 Å². The number of nitrogens with two attached hydrogens (primary N) is 1. The lowest BCUT2D eigenvalue weighted by molar-refractivity contribution is -0.124. The van der Waals surface area contributed by atoms with E-state index in [1.54, 1.807) is 0 Å². The molecule has 6 nitrogen and oxygen atoms in total. The average Bonchev–Trinajstić information content (AvgIpc) is 2.47. The number of nitrogens with zero attached hydrogens (tertiary/aromatic N) is 1. The standard InChI is InChI=1S/C14H19N3O3/c15-14(18)11-7-16-5-6-17(11)8-10-9-19-12-3-1-2-4-13(12)20-10/h1-4,10-11,16H,5-9H2,(H2,15,18). The van der Waals surface area contributed by atoms with Gasteiger partial charge in [0.1, 0.15) is 18.8 Å². The van der Waals surface area contributed by atoms with E-state index in [2.05, 4.69) is 10.2 Å². The lowest BCUT2D eigenvalue weighted by Gasteiger charge is -2.37. The molecular formula is C14H19N3O3. The van der Waals surface area contributed by atoms with Crippen molar-refractivity contribution in [1.29, 1.82) is 0 Å². The lowest BCUT2D eigenvalue weighted by Crippen LogP contribution is -2.59. The molecule has 3 rings (SSSR count). The number of primary amides is 1. The van der Waals surface area contributed by atoms with Crippen LogP contribution >= 0.6 is 0 Å². The SMILES string of the molecule is NC(=O)C1CNCCN1CC1COc2ccccc2O1. The second-order valence-corrected chi connectivity index (χ2v) is 5.11. The van der Waals surface area contributed by atoms with Crippen LogP contribution in [0.25, 0.3) is 0 Å². The van der Waals surface area contributed by atoms with Crippen LogP contribution < -0.4 is 20.5 Å². The van der Waals surface area contributed by atoms with Gasteiger partial charge >= 0.3 is 0 Å². The van der Waals surface area contributed by atoms with E-state index in [-0.39, 0.29) is 18.1 Å². The zero-order chi connectivity index (χ0) is 13.9. The zero-order valence-electron chi connectivity index (χ0n) is 11.2. The summed E-state index contributed by atoms with van der Waals surface area (Å²) in [4.78, 5) is 13.5. The van der Waals surface area contributed by atoms with Crippen molar-refractivity contribution in [2.24, 2.45) is 5.73 Å². The molecule has 1 aromatic carbocycles. The van der Waals surface area contributed by atoms with Crippen molar-refractivity contribution in [1.82, 2.24) is 10.2 Å². The second-order valence-electron chi connectivity index (χ2n) is 5.11. The Kier molecular flexibility index (Phi) is 3.75. The van der Waals surface area contributed by atoms with Gasteiger partial charge in [-0.3, -0.25) is 9.69 Å². The van der Waals surface area contributed by atoms with E-state index in [1.807, 2.05) is 24.3 Å².